The molecule has 2 N–H and O–H groups in total. The van der Waals surface area contributed by atoms with Crippen molar-refractivity contribution in [1.82, 2.24) is 0 Å². The Morgan fingerprint density at radius 3 is 2.45 bits per heavy atom. The largest absolute Gasteiger partial charge is 0.399 e. The van der Waals surface area contributed by atoms with Crippen molar-refractivity contribution in [1.29, 1.82) is 0 Å². The molecule has 100 valence electrons. The van der Waals surface area contributed by atoms with Crippen molar-refractivity contribution < 1.29 is 0 Å². The predicted octanol–water partition coefficient (Wildman–Crippen LogP) is 4.92. The first kappa shape index (κ1) is 12.7. The predicted molar refractivity (Wildman–Crippen MR) is 87.2 cm³/mol. The molecule has 1 aliphatic rings. The van der Waals surface area contributed by atoms with Crippen LogP contribution in [-0.2, 0) is 0 Å². The van der Waals surface area contributed by atoms with Gasteiger partial charge < -0.3 is 5.73 Å². The van der Waals surface area contributed by atoms with Gasteiger partial charge in [-0.15, -0.1) is 0 Å². The molecular weight excluding hydrogens is 242 g/mol. The Morgan fingerprint density at radius 2 is 1.70 bits per heavy atom. The molecule has 0 fully saturated rings. The van der Waals surface area contributed by atoms with Crippen LogP contribution in [0.25, 0.3) is 16.7 Å². The van der Waals surface area contributed by atoms with E-state index in [-0.39, 0.29) is 0 Å². The summed E-state index contributed by atoms with van der Waals surface area (Å²) in [6, 6.07) is 16.8. The lowest BCUT2D eigenvalue weighted by Crippen LogP contribution is -2.01. The fourth-order valence-electron chi connectivity index (χ4n) is 2.74. The molecule has 1 nitrogen and oxygen atoms in total. The Bertz CT molecular complexity index is 665. The minimum Gasteiger partial charge on any atom is -0.399 e. The molecule has 0 saturated carbocycles. The summed E-state index contributed by atoms with van der Waals surface area (Å²) >= 11 is 0. The Hall–Kier alpha value is -2.28. The first-order valence-electron chi connectivity index (χ1n) is 7.07. The van der Waals surface area contributed by atoms with Crippen LogP contribution in [0, 0.1) is 5.92 Å². The molecule has 0 amide bonds. The number of benzene rings is 2. The summed E-state index contributed by atoms with van der Waals surface area (Å²) in [4.78, 5) is 0. The molecule has 20 heavy (non-hydrogen) atoms. The van der Waals surface area contributed by atoms with E-state index in [1.54, 1.807) is 0 Å². The van der Waals surface area contributed by atoms with Crippen LogP contribution < -0.4 is 5.73 Å². The zero-order valence-electron chi connectivity index (χ0n) is 11.7. The van der Waals surface area contributed by atoms with E-state index in [0.29, 0.717) is 5.92 Å². The van der Waals surface area contributed by atoms with Crippen molar-refractivity contribution in [2.24, 2.45) is 5.92 Å². The van der Waals surface area contributed by atoms with Crippen LogP contribution in [0.15, 0.2) is 66.8 Å². The monoisotopic (exact) mass is 261 g/mol. The highest BCUT2D eigenvalue weighted by atomic mass is 14.5. The van der Waals surface area contributed by atoms with Crippen LogP contribution in [0.5, 0.6) is 0 Å². The molecule has 2 aromatic rings. The summed E-state index contributed by atoms with van der Waals surface area (Å²) in [6.45, 7) is 2.26. The van der Waals surface area contributed by atoms with Gasteiger partial charge in [-0.05, 0) is 52.8 Å². The van der Waals surface area contributed by atoms with Crippen molar-refractivity contribution in [2.75, 3.05) is 5.73 Å². The number of anilines is 1. The maximum atomic E-state index is 6.10. The zero-order valence-corrected chi connectivity index (χ0v) is 11.7. The number of nitrogen functional groups attached to an aromatic ring is 1. The van der Waals surface area contributed by atoms with E-state index in [4.69, 9.17) is 5.73 Å². The van der Waals surface area contributed by atoms with E-state index >= 15 is 0 Å². The SMILES string of the molecule is CC1CC=CC=C1c1cc(N)cc(-c2ccccc2)c1. The van der Waals surface area contributed by atoms with Crippen LogP contribution >= 0.6 is 0 Å². The first-order valence-corrected chi connectivity index (χ1v) is 7.07. The third-order valence-electron chi connectivity index (χ3n) is 3.83. The Labute approximate surface area is 120 Å². The molecule has 0 aromatic heterocycles. The third-order valence-corrected chi connectivity index (χ3v) is 3.83. The standard InChI is InChI=1S/C19H19N/c1-14-7-5-6-10-19(14)17-11-16(12-18(20)13-17)15-8-3-2-4-9-15/h2-6,8-14H,7,20H2,1H3. The van der Waals surface area contributed by atoms with Crippen LogP contribution in [0.2, 0.25) is 0 Å². The van der Waals surface area contributed by atoms with Gasteiger partial charge in [0.15, 0.2) is 0 Å². The van der Waals surface area contributed by atoms with Gasteiger partial charge in [-0.2, -0.15) is 0 Å². The third kappa shape index (κ3) is 2.53. The van der Waals surface area contributed by atoms with Crippen LogP contribution in [0.3, 0.4) is 0 Å². The first-order chi connectivity index (χ1) is 9.74. The fraction of sp³-hybridized carbons (Fsp3) is 0.158. The summed E-state index contributed by atoms with van der Waals surface area (Å²) in [5.74, 6) is 0.547. The average molecular weight is 261 g/mol. The number of hydrogen-bond acceptors (Lipinski definition) is 1. The van der Waals surface area contributed by atoms with Gasteiger partial charge in [-0.25, -0.2) is 0 Å². The highest BCUT2D eigenvalue weighted by Gasteiger charge is 2.13. The summed E-state index contributed by atoms with van der Waals surface area (Å²) in [6.07, 6.45) is 7.66. The van der Waals surface area contributed by atoms with Crippen LogP contribution in [-0.4, -0.2) is 0 Å². The van der Waals surface area contributed by atoms with Crippen molar-refractivity contribution in [3.8, 4) is 11.1 Å². The van der Waals surface area contributed by atoms with Gasteiger partial charge >= 0.3 is 0 Å². The minimum absolute atomic E-state index is 0.547. The zero-order chi connectivity index (χ0) is 13.9. The molecule has 0 aliphatic heterocycles. The quantitative estimate of drug-likeness (QED) is 0.763. The normalized spacial score (nSPS) is 17.9. The second-order valence-corrected chi connectivity index (χ2v) is 5.40. The average Bonchev–Trinajstić information content (AvgIpc) is 2.48. The van der Waals surface area contributed by atoms with Crippen molar-refractivity contribution in [3.05, 3.63) is 72.3 Å². The van der Waals surface area contributed by atoms with Gasteiger partial charge in [0.05, 0.1) is 0 Å². The van der Waals surface area contributed by atoms with E-state index in [1.165, 1.54) is 22.3 Å². The summed E-state index contributed by atoms with van der Waals surface area (Å²) in [5, 5.41) is 0. The highest BCUT2D eigenvalue weighted by molar-refractivity contribution is 5.78. The van der Waals surface area contributed by atoms with Gasteiger partial charge in [0.25, 0.3) is 0 Å². The van der Waals surface area contributed by atoms with Crippen molar-refractivity contribution in [2.45, 2.75) is 13.3 Å². The van der Waals surface area contributed by atoms with E-state index < -0.39 is 0 Å². The molecule has 0 heterocycles. The van der Waals surface area contributed by atoms with Crippen molar-refractivity contribution in [3.63, 3.8) is 0 Å². The maximum absolute atomic E-state index is 6.10. The molecule has 0 saturated heterocycles. The van der Waals surface area contributed by atoms with Crippen LogP contribution in [0.4, 0.5) is 5.69 Å². The Balaban J connectivity index is 2.08. The molecule has 1 heteroatoms. The van der Waals surface area contributed by atoms with Gasteiger partial charge in [-0.3, -0.25) is 0 Å². The molecule has 0 bridgehead atoms. The van der Waals surface area contributed by atoms with Gasteiger partial charge in [0.2, 0.25) is 0 Å². The molecule has 0 spiro atoms. The van der Waals surface area contributed by atoms with Crippen molar-refractivity contribution >= 4 is 11.3 Å². The van der Waals surface area contributed by atoms with E-state index in [9.17, 15) is 0 Å². The Morgan fingerprint density at radius 1 is 0.950 bits per heavy atom. The molecule has 1 aliphatic carbocycles. The lowest BCUT2D eigenvalue weighted by atomic mass is 9.86. The fourth-order valence-corrected chi connectivity index (χ4v) is 2.74. The number of hydrogen-bond donors (Lipinski definition) is 1. The second-order valence-electron chi connectivity index (χ2n) is 5.40. The second kappa shape index (κ2) is 5.38. The van der Waals surface area contributed by atoms with E-state index in [1.807, 2.05) is 12.1 Å². The summed E-state index contributed by atoms with van der Waals surface area (Å²) in [5.41, 5.74) is 11.9. The lowest BCUT2D eigenvalue weighted by Gasteiger charge is -2.19. The summed E-state index contributed by atoms with van der Waals surface area (Å²) in [7, 11) is 0. The van der Waals surface area contributed by atoms with Gasteiger partial charge in [0.1, 0.15) is 0 Å². The minimum atomic E-state index is 0.547. The number of nitrogens with two attached hydrogens (primary N) is 1. The maximum Gasteiger partial charge on any atom is 0.0326 e. The molecule has 1 atom stereocenters. The molecule has 2 aromatic carbocycles. The number of rotatable bonds is 2. The Kier molecular flexibility index (Phi) is 3.42. The molecule has 0 radical (unpaired) electrons. The van der Waals surface area contributed by atoms with E-state index in [2.05, 4.69) is 61.5 Å². The van der Waals surface area contributed by atoms with Crippen LogP contribution in [0.1, 0.15) is 18.9 Å². The smallest absolute Gasteiger partial charge is 0.0326 e. The topological polar surface area (TPSA) is 26.0 Å². The van der Waals surface area contributed by atoms with Gasteiger partial charge in [-0.1, -0.05) is 55.5 Å². The molecular formula is C19H19N. The molecule has 1 unspecified atom stereocenters. The number of allylic oxidation sites excluding steroid dienone is 4. The summed E-state index contributed by atoms with van der Waals surface area (Å²) < 4.78 is 0. The molecule has 3 rings (SSSR count). The van der Waals surface area contributed by atoms with E-state index in [0.717, 1.165) is 12.1 Å². The van der Waals surface area contributed by atoms with Gasteiger partial charge in [0, 0.05) is 5.69 Å². The lowest BCUT2D eigenvalue weighted by molar-refractivity contribution is 0.759. The highest BCUT2D eigenvalue weighted by Crippen LogP contribution is 2.33.